The first kappa shape index (κ1) is 15.6. The summed E-state index contributed by atoms with van der Waals surface area (Å²) in [5.74, 6) is -0.860. The van der Waals surface area contributed by atoms with E-state index < -0.39 is 5.82 Å². The summed E-state index contributed by atoms with van der Waals surface area (Å²) in [5, 5.41) is 19.1. The van der Waals surface area contributed by atoms with Crippen molar-refractivity contribution >= 4 is 15.9 Å². The lowest BCUT2D eigenvalue weighted by Crippen LogP contribution is -2.14. The van der Waals surface area contributed by atoms with Gasteiger partial charge in [0.15, 0.2) is 0 Å². The number of aromatic nitrogens is 1. The molecule has 1 aromatic heterocycles. The van der Waals surface area contributed by atoms with Crippen molar-refractivity contribution in [3.8, 4) is 0 Å². The highest BCUT2D eigenvalue weighted by Gasteiger charge is 2.17. The number of pyridine rings is 1. The Morgan fingerprint density at radius 3 is 2.63 bits per heavy atom. The number of allylic oxidation sites excluding steroid dienone is 2. The van der Waals surface area contributed by atoms with E-state index in [0.29, 0.717) is 22.2 Å². The van der Waals surface area contributed by atoms with Gasteiger partial charge >= 0.3 is 0 Å². The minimum absolute atomic E-state index is 0.0349. The highest BCUT2D eigenvalue weighted by molar-refractivity contribution is 9.10. The van der Waals surface area contributed by atoms with Crippen molar-refractivity contribution in [3.05, 3.63) is 64.9 Å². The lowest BCUT2D eigenvalue weighted by atomic mass is 9.93. The highest BCUT2D eigenvalue weighted by Crippen LogP contribution is 2.24. The smallest absolute Gasteiger partial charge is 0.142 e. The largest absolute Gasteiger partial charge is 0.508 e. The maximum atomic E-state index is 13.0. The van der Waals surface area contributed by atoms with Gasteiger partial charge in [0, 0.05) is 10.4 Å². The second kappa shape index (κ2) is 7.21. The van der Waals surface area contributed by atoms with E-state index in [1.54, 1.807) is 0 Å². The number of hydrogen-bond donors (Lipinski definition) is 2. The topological polar surface area (TPSA) is 53.4 Å². The molecule has 19 heavy (non-hydrogen) atoms. The standard InChI is InChI=1S/C14H15BrFNO2/c1-3-11(14(19)4-2)9(8-18)5-13-12(15)6-10(16)7-17-13/h3-4,6-7,9,18-19H,1-2,5,8H2/b14-11-. The fourth-order valence-corrected chi connectivity index (χ4v) is 2.18. The van der Waals surface area contributed by atoms with Crippen LogP contribution in [0.4, 0.5) is 4.39 Å². The molecule has 0 spiro atoms. The summed E-state index contributed by atoms with van der Waals surface area (Å²) in [6.45, 7) is 6.89. The quantitative estimate of drug-likeness (QED) is 0.622. The molecule has 0 bridgehead atoms. The van der Waals surface area contributed by atoms with Gasteiger partial charge < -0.3 is 10.2 Å². The average molecular weight is 328 g/mol. The maximum Gasteiger partial charge on any atom is 0.142 e. The van der Waals surface area contributed by atoms with Gasteiger partial charge in [0.1, 0.15) is 11.6 Å². The predicted octanol–water partition coefficient (Wildman–Crippen LogP) is 3.32. The van der Waals surface area contributed by atoms with Crippen LogP contribution in [0.2, 0.25) is 0 Å². The first-order chi connectivity index (χ1) is 9.03. The van der Waals surface area contributed by atoms with Gasteiger partial charge in [0.05, 0.1) is 18.5 Å². The Labute approximate surface area is 119 Å². The number of aliphatic hydroxyl groups is 2. The molecule has 1 atom stereocenters. The number of rotatable bonds is 6. The van der Waals surface area contributed by atoms with Crippen molar-refractivity contribution in [2.24, 2.45) is 5.92 Å². The minimum atomic E-state index is -0.440. The van der Waals surface area contributed by atoms with Crippen LogP contribution in [0.3, 0.4) is 0 Å². The van der Waals surface area contributed by atoms with E-state index in [-0.39, 0.29) is 18.3 Å². The van der Waals surface area contributed by atoms with Crippen LogP contribution in [-0.4, -0.2) is 21.8 Å². The van der Waals surface area contributed by atoms with Crippen molar-refractivity contribution in [2.75, 3.05) is 6.61 Å². The Bertz CT molecular complexity index is 514. The summed E-state index contributed by atoms with van der Waals surface area (Å²) in [6, 6.07) is 1.31. The second-order valence-electron chi connectivity index (χ2n) is 3.91. The van der Waals surface area contributed by atoms with Crippen molar-refractivity contribution in [1.82, 2.24) is 4.98 Å². The Morgan fingerprint density at radius 2 is 2.16 bits per heavy atom. The molecule has 0 radical (unpaired) electrons. The normalized spacial score (nSPS) is 13.6. The maximum absolute atomic E-state index is 13.0. The molecule has 1 heterocycles. The molecule has 0 aliphatic heterocycles. The van der Waals surface area contributed by atoms with Crippen LogP contribution in [0.25, 0.3) is 0 Å². The van der Waals surface area contributed by atoms with Gasteiger partial charge in [-0.05, 0) is 40.1 Å². The molecule has 1 unspecified atom stereocenters. The van der Waals surface area contributed by atoms with E-state index in [0.717, 1.165) is 6.20 Å². The van der Waals surface area contributed by atoms with Gasteiger partial charge in [0.25, 0.3) is 0 Å². The molecule has 0 aliphatic carbocycles. The van der Waals surface area contributed by atoms with Gasteiger partial charge in [0.2, 0.25) is 0 Å². The van der Waals surface area contributed by atoms with Gasteiger partial charge in [-0.1, -0.05) is 19.2 Å². The Kier molecular flexibility index (Phi) is 5.92. The zero-order valence-electron chi connectivity index (χ0n) is 10.3. The lowest BCUT2D eigenvalue weighted by molar-refractivity contribution is 0.242. The minimum Gasteiger partial charge on any atom is -0.508 e. The molecule has 3 nitrogen and oxygen atoms in total. The van der Waals surface area contributed by atoms with E-state index in [2.05, 4.69) is 34.1 Å². The Hall–Kier alpha value is -1.46. The number of hydrogen-bond acceptors (Lipinski definition) is 3. The third kappa shape index (κ3) is 4.01. The predicted molar refractivity (Wildman–Crippen MR) is 76.2 cm³/mol. The van der Waals surface area contributed by atoms with Crippen LogP contribution in [0, 0.1) is 11.7 Å². The Morgan fingerprint density at radius 1 is 1.47 bits per heavy atom. The van der Waals surface area contributed by atoms with Crippen molar-refractivity contribution in [2.45, 2.75) is 6.42 Å². The molecule has 0 aromatic carbocycles. The molecule has 2 N–H and O–H groups in total. The lowest BCUT2D eigenvalue weighted by Gasteiger charge is -2.16. The first-order valence-corrected chi connectivity index (χ1v) is 6.41. The molecule has 0 fully saturated rings. The summed E-state index contributed by atoms with van der Waals surface area (Å²) in [4.78, 5) is 3.97. The number of halogens is 2. The van der Waals surface area contributed by atoms with Gasteiger partial charge in [-0.15, -0.1) is 0 Å². The molecule has 1 aromatic rings. The fraction of sp³-hybridized carbons (Fsp3) is 0.214. The van der Waals surface area contributed by atoms with Crippen LogP contribution in [0.5, 0.6) is 0 Å². The summed E-state index contributed by atoms with van der Waals surface area (Å²) in [6.07, 6.45) is 4.21. The van der Waals surface area contributed by atoms with Crippen LogP contribution in [0.15, 0.2) is 53.4 Å². The third-order valence-corrected chi connectivity index (χ3v) is 3.38. The Balaban J connectivity index is 3.05. The molecule has 0 saturated carbocycles. The van der Waals surface area contributed by atoms with E-state index in [1.807, 2.05) is 0 Å². The second-order valence-corrected chi connectivity index (χ2v) is 4.77. The molecule has 5 heteroatoms. The first-order valence-electron chi connectivity index (χ1n) is 5.62. The summed E-state index contributed by atoms with van der Waals surface area (Å²) in [5.41, 5.74) is 1.08. The van der Waals surface area contributed by atoms with E-state index in [1.165, 1.54) is 18.2 Å². The van der Waals surface area contributed by atoms with E-state index in [4.69, 9.17) is 0 Å². The van der Waals surface area contributed by atoms with Crippen molar-refractivity contribution in [3.63, 3.8) is 0 Å². The summed E-state index contributed by atoms with van der Waals surface area (Å²) >= 11 is 3.22. The monoisotopic (exact) mass is 327 g/mol. The number of aliphatic hydroxyl groups excluding tert-OH is 2. The van der Waals surface area contributed by atoms with Crippen molar-refractivity contribution in [1.29, 1.82) is 0 Å². The van der Waals surface area contributed by atoms with Gasteiger partial charge in [-0.2, -0.15) is 0 Å². The molecule has 1 rings (SSSR count). The molecule has 0 amide bonds. The van der Waals surface area contributed by atoms with Crippen LogP contribution in [0.1, 0.15) is 5.69 Å². The highest BCUT2D eigenvalue weighted by atomic mass is 79.9. The summed E-state index contributed by atoms with van der Waals surface area (Å²) < 4.78 is 13.5. The summed E-state index contributed by atoms with van der Waals surface area (Å²) in [7, 11) is 0. The molecule has 0 saturated heterocycles. The van der Waals surface area contributed by atoms with Crippen LogP contribution >= 0.6 is 15.9 Å². The zero-order valence-corrected chi connectivity index (χ0v) is 11.9. The molecule has 102 valence electrons. The number of nitrogens with zero attached hydrogens (tertiary/aromatic N) is 1. The SMILES string of the molecule is C=C/C(O)=C(\C=C)C(CO)Cc1ncc(F)cc1Br. The molecule has 0 aliphatic rings. The third-order valence-electron chi connectivity index (χ3n) is 2.69. The van der Waals surface area contributed by atoms with E-state index in [9.17, 15) is 14.6 Å². The van der Waals surface area contributed by atoms with Crippen LogP contribution in [-0.2, 0) is 6.42 Å². The molecular weight excluding hydrogens is 313 g/mol. The zero-order chi connectivity index (χ0) is 14.4. The van der Waals surface area contributed by atoms with Crippen LogP contribution < -0.4 is 0 Å². The fourth-order valence-electron chi connectivity index (χ4n) is 1.70. The van der Waals surface area contributed by atoms with E-state index >= 15 is 0 Å². The van der Waals surface area contributed by atoms with Gasteiger partial charge in [-0.3, -0.25) is 4.98 Å². The average Bonchev–Trinajstić information content (AvgIpc) is 2.40. The van der Waals surface area contributed by atoms with Crippen molar-refractivity contribution < 1.29 is 14.6 Å². The molecular formula is C14H15BrFNO2. The van der Waals surface area contributed by atoms with Gasteiger partial charge in [-0.25, -0.2) is 4.39 Å².